The summed E-state index contributed by atoms with van der Waals surface area (Å²) in [7, 11) is 0. The SMILES string of the molecule is [N-]=[N+]=NCC#Cc1ccccc1N=C=S. The Bertz CT molecular complexity index is 500. The highest BCUT2D eigenvalue weighted by Crippen LogP contribution is 2.16. The van der Waals surface area contributed by atoms with Crippen LogP contribution in [0.2, 0.25) is 0 Å². The van der Waals surface area contributed by atoms with E-state index in [9.17, 15) is 0 Å². The quantitative estimate of drug-likeness (QED) is 0.186. The predicted molar refractivity (Wildman–Crippen MR) is 62.0 cm³/mol. The predicted octanol–water partition coefficient (Wildman–Crippen LogP) is 3.08. The van der Waals surface area contributed by atoms with Gasteiger partial charge in [-0.05, 0) is 29.9 Å². The summed E-state index contributed by atoms with van der Waals surface area (Å²) in [5, 5.41) is 5.59. The fourth-order valence-electron chi connectivity index (χ4n) is 0.928. The van der Waals surface area contributed by atoms with E-state index < -0.39 is 0 Å². The number of thiocarbonyl (C=S) groups is 1. The third-order valence-corrected chi connectivity index (χ3v) is 1.60. The summed E-state index contributed by atoms with van der Waals surface area (Å²) < 4.78 is 0. The Labute approximate surface area is 92.3 Å². The number of azide groups is 1. The number of aliphatic imine (C=N–C) groups is 1. The van der Waals surface area contributed by atoms with E-state index in [1.165, 1.54) is 0 Å². The first kappa shape index (κ1) is 11.0. The molecule has 5 heteroatoms. The molecule has 0 heterocycles. The summed E-state index contributed by atoms with van der Waals surface area (Å²) in [6.45, 7) is 0.145. The lowest BCUT2D eigenvalue weighted by Gasteiger charge is -1.93. The zero-order valence-electron chi connectivity index (χ0n) is 7.71. The molecular weight excluding hydrogens is 208 g/mol. The molecule has 1 aromatic rings. The Kier molecular flexibility index (Phi) is 4.65. The van der Waals surface area contributed by atoms with Crippen LogP contribution in [-0.2, 0) is 0 Å². The Morgan fingerprint density at radius 2 is 2.20 bits per heavy atom. The van der Waals surface area contributed by atoms with Crippen molar-refractivity contribution in [3.63, 3.8) is 0 Å². The van der Waals surface area contributed by atoms with E-state index in [1.807, 2.05) is 18.2 Å². The zero-order chi connectivity index (χ0) is 10.9. The molecule has 0 bridgehead atoms. The second-order valence-corrected chi connectivity index (χ2v) is 2.59. The van der Waals surface area contributed by atoms with Crippen molar-refractivity contribution in [3.05, 3.63) is 40.3 Å². The molecule has 0 saturated heterocycles. The number of nitrogens with zero attached hydrogens (tertiary/aromatic N) is 4. The molecule has 72 valence electrons. The highest BCUT2D eigenvalue weighted by molar-refractivity contribution is 7.78. The average molecular weight is 214 g/mol. The van der Waals surface area contributed by atoms with E-state index in [4.69, 9.17) is 5.53 Å². The first-order chi connectivity index (χ1) is 7.38. The van der Waals surface area contributed by atoms with Crippen molar-refractivity contribution in [1.82, 2.24) is 0 Å². The lowest BCUT2D eigenvalue weighted by atomic mass is 10.2. The van der Waals surface area contributed by atoms with Crippen LogP contribution >= 0.6 is 12.2 Å². The second kappa shape index (κ2) is 6.36. The Morgan fingerprint density at radius 1 is 1.40 bits per heavy atom. The van der Waals surface area contributed by atoms with Crippen LogP contribution in [0.4, 0.5) is 5.69 Å². The van der Waals surface area contributed by atoms with E-state index in [0.717, 1.165) is 5.56 Å². The maximum Gasteiger partial charge on any atom is 0.0895 e. The van der Waals surface area contributed by atoms with Gasteiger partial charge in [0.1, 0.15) is 0 Å². The molecule has 1 rings (SSSR count). The van der Waals surface area contributed by atoms with Crippen molar-refractivity contribution >= 4 is 23.1 Å². The lowest BCUT2D eigenvalue weighted by Crippen LogP contribution is -1.76. The molecule has 0 fully saturated rings. The van der Waals surface area contributed by atoms with Crippen molar-refractivity contribution in [2.45, 2.75) is 0 Å². The maximum atomic E-state index is 8.05. The number of rotatable bonds is 2. The van der Waals surface area contributed by atoms with Crippen LogP contribution in [0.3, 0.4) is 0 Å². The topological polar surface area (TPSA) is 61.1 Å². The highest BCUT2D eigenvalue weighted by atomic mass is 32.1. The summed E-state index contributed by atoms with van der Waals surface area (Å²) in [6, 6.07) is 7.29. The summed E-state index contributed by atoms with van der Waals surface area (Å²) in [4.78, 5) is 6.46. The van der Waals surface area contributed by atoms with Gasteiger partial charge in [-0.1, -0.05) is 29.1 Å². The largest absolute Gasteiger partial charge is 0.193 e. The molecule has 0 atom stereocenters. The second-order valence-electron chi connectivity index (χ2n) is 2.41. The van der Waals surface area contributed by atoms with Gasteiger partial charge in [0.25, 0.3) is 0 Å². The van der Waals surface area contributed by atoms with E-state index >= 15 is 0 Å². The number of benzene rings is 1. The molecule has 0 unspecified atom stereocenters. The molecule has 0 aromatic heterocycles. The Morgan fingerprint density at radius 3 is 2.93 bits per heavy atom. The molecule has 4 nitrogen and oxygen atoms in total. The van der Waals surface area contributed by atoms with Crippen LogP contribution in [0.5, 0.6) is 0 Å². The van der Waals surface area contributed by atoms with Gasteiger partial charge in [-0.2, -0.15) is 4.99 Å². The molecule has 1 aromatic carbocycles. The van der Waals surface area contributed by atoms with E-state index in [2.05, 4.69) is 44.2 Å². The van der Waals surface area contributed by atoms with Crippen molar-refractivity contribution in [1.29, 1.82) is 0 Å². The normalized spacial score (nSPS) is 7.73. The van der Waals surface area contributed by atoms with Crippen LogP contribution < -0.4 is 0 Å². The van der Waals surface area contributed by atoms with E-state index in [0.29, 0.717) is 5.69 Å². The number of para-hydroxylation sites is 1. The van der Waals surface area contributed by atoms with E-state index in [1.54, 1.807) is 6.07 Å². The van der Waals surface area contributed by atoms with E-state index in [-0.39, 0.29) is 6.54 Å². The molecule has 15 heavy (non-hydrogen) atoms. The molecule has 0 spiro atoms. The maximum absolute atomic E-state index is 8.05. The van der Waals surface area contributed by atoms with Crippen LogP contribution in [0.25, 0.3) is 10.4 Å². The lowest BCUT2D eigenvalue weighted by molar-refractivity contribution is 1.25. The molecular formula is C10H6N4S. The van der Waals surface area contributed by atoms with Gasteiger partial charge < -0.3 is 0 Å². The van der Waals surface area contributed by atoms with Crippen LogP contribution in [0.1, 0.15) is 5.56 Å². The van der Waals surface area contributed by atoms with Gasteiger partial charge in [0.2, 0.25) is 0 Å². The number of isothiocyanates is 1. The average Bonchev–Trinajstić information content (AvgIpc) is 2.27. The fraction of sp³-hybridized carbons (Fsp3) is 0.100. The standard InChI is InChI=1S/C10H6N4S/c11-14-13-7-3-5-9-4-1-2-6-10(9)12-8-15/h1-2,4,6H,7H2. The van der Waals surface area contributed by atoms with Gasteiger partial charge in [0.15, 0.2) is 0 Å². The molecule has 0 amide bonds. The molecule has 0 aliphatic carbocycles. The molecule has 0 saturated carbocycles. The van der Waals surface area contributed by atoms with Gasteiger partial charge in [-0.3, -0.25) is 0 Å². The summed E-state index contributed by atoms with van der Waals surface area (Å²) in [6.07, 6.45) is 0. The highest BCUT2D eigenvalue weighted by Gasteiger charge is 1.94. The summed E-state index contributed by atoms with van der Waals surface area (Å²) >= 11 is 4.52. The molecule has 0 N–H and O–H groups in total. The minimum Gasteiger partial charge on any atom is -0.193 e. The monoisotopic (exact) mass is 214 g/mol. The van der Waals surface area contributed by atoms with Gasteiger partial charge in [-0.15, -0.1) is 0 Å². The minimum absolute atomic E-state index is 0.145. The first-order valence-electron chi connectivity index (χ1n) is 4.05. The van der Waals surface area contributed by atoms with Gasteiger partial charge >= 0.3 is 0 Å². The molecule has 0 aliphatic heterocycles. The van der Waals surface area contributed by atoms with Crippen molar-refractivity contribution in [2.24, 2.45) is 10.1 Å². The third-order valence-electron chi connectivity index (χ3n) is 1.51. The third kappa shape index (κ3) is 3.63. The summed E-state index contributed by atoms with van der Waals surface area (Å²) in [5.74, 6) is 5.55. The van der Waals surface area contributed by atoms with Gasteiger partial charge in [-0.25, -0.2) is 0 Å². The Balaban J connectivity index is 2.96. The van der Waals surface area contributed by atoms with Crippen LogP contribution in [-0.4, -0.2) is 11.7 Å². The fourth-order valence-corrected chi connectivity index (χ4v) is 1.03. The zero-order valence-corrected chi connectivity index (χ0v) is 8.53. The number of hydrogen-bond donors (Lipinski definition) is 0. The van der Waals surface area contributed by atoms with Crippen molar-refractivity contribution in [2.75, 3.05) is 6.54 Å². The van der Waals surface area contributed by atoms with Crippen molar-refractivity contribution in [3.8, 4) is 11.8 Å². The smallest absolute Gasteiger partial charge is 0.0895 e. The molecule has 0 radical (unpaired) electrons. The molecule has 0 aliphatic rings. The number of hydrogen-bond acceptors (Lipinski definition) is 3. The Hall–Kier alpha value is -2.11. The first-order valence-corrected chi connectivity index (χ1v) is 4.46. The van der Waals surface area contributed by atoms with Crippen molar-refractivity contribution < 1.29 is 0 Å². The van der Waals surface area contributed by atoms with Crippen LogP contribution in [0, 0.1) is 11.8 Å². The van der Waals surface area contributed by atoms with Gasteiger partial charge in [0, 0.05) is 4.91 Å². The minimum atomic E-state index is 0.145. The summed E-state index contributed by atoms with van der Waals surface area (Å²) in [5.41, 5.74) is 9.46. The van der Waals surface area contributed by atoms with Crippen LogP contribution in [0.15, 0.2) is 34.4 Å². The van der Waals surface area contributed by atoms with Gasteiger partial charge in [0.05, 0.1) is 23.0 Å².